The molecule has 1 N–H and O–H groups in total. The van der Waals surface area contributed by atoms with E-state index in [0.717, 1.165) is 0 Å². The Balaban J connectivity index is 2.51. The molecule has 0 aliphatic rings. The van der Waals surface area contributed by atoms with E-state index in [2.05, 4.69) is 11.8 Å². The number of rotatable bonds is 8. The number of unbranched alkanes of at least 4 members (excludes halogenated alkanes) is 1. The van der Waals surface area contributed by atoms with Crippen LogP contribution in [0.3, 0.4) is 0 Å². The van der Waals surface area contributed by atoms with E-state index >= 15 is 0 Å². The average molecular weight is 344 g/mol. The standard InChI is InChI=1S/C15H20O5S2/c1-2-8-14(13-22(18,19)20)9-6-7-12-21(16,17)15-10-4-3-5-11-15/h3-5,10-11,14H,6-7,9,12-13H2,1H3,(H,18,19,20). The summed E-state index contributed by atoms with van der Waals surface area (Å²) >= 11 is 0. The SMILES string of the molecule is CC#CC(CCCCS(=O)(=O)c1ccccc1)CS(=O)(=O)O. The Bertz CT molecular complexity index is 725. The minimum atomic E-state index is -4.07. The van der Waals surface area contributed by atoms with Gasteiger partial charge in [-0.05, 0) is 31.9 Å². The van der Waals surface area contributed by atoms with Crippen molar-refractivity contribution in [2.24, 2.45) is 5.92 Å². The molecule has 1 atom stereocenters. The molecule has 1 rings (SSSR count). The fourth-order valence-electron chi connectivity index (χ4n) is 2.08. The monoisotopic (exact) mass is 344 g/mol. The van der Waals surface area contributed by atoms with Crippen molar-refractivity contribution in [3.8, 4) is 11.8 Å². The van der Waals surface area contributed by atoms with E-state index in [4.69, 9.17) is 4.55 Å². The molecule has 0 saturated carbocycles. The van der Waals surface area contributed by atoms with Gasteiger partial charge in [-0.3, -0.25) is 4.55 Å². The van der Waals surface area contributed by atoms with Gasteiger partial charge in [0.2, 0.25) is 0 Å². The summed E-state index contributed by atoms with van der Waals surface area (Å²) in [5.41, 5.74) is 0. The maximum Gasteiger partial charge on any atom is 0.266 e. The van der Waals surface area contributed by atoms with Crippen molar-refractivity contribution < 1.29 is 21.4 Å². The fourth-order valence-corrected chi connectivity index (χ4v) is 4.23. The molecule has 1 unspecified atom stereocenters. The molecule has 1 aromatic rings. The summed E-state index contributed by atoms with van der Waals surface area (Å²) in [6.45, 7) is 1.59. The molecule has 5 nitrogen and oxygen atoms in total. The zero-order chi connectivity index (χ0) is 16.6. The molecule has 0 aliphatic carbocycles. The molecule has 0 radical (unpaired) electrons. The molecule has 0 spiro atoms. The predicted molar refractivity (Wildman–Crippen MR) is 85.7 cm³/mol. The van der Waals surface area contributed by atoms with Crippen LogP contribution in [0.2, 0.25) is 0 Å². The molecular formula is C15H20O5S2. The first kappa shape index (κ1) is 18.7. The van der Waals surface area contributed by atoms with Gasteiger partial charge < -0.3 is 0 Å². The molecule has 0 saturated heterocycles. The maximum atomic E-state index is 12.1. The fraction of sp³-hybridized carbons (Fsp3) is 0.467. The molecule has 1 aromatic carbocycles. The van der Waals surface area contributed by atoms with Crippen LogP contribution in [0.5, 0.6) is 0 Å². The number of hydrogen-bond donors (Lipinski definition) is 1. The summed E-state index contributed by atoms with van der Waals surface area (Å²) in [6, 6.07) is 8.21. The van der Waals surface area contributed by atoms with E-state index in [9.17, 15) is 16.8 Å². The summed E-state index contributed by atoms with van der Waals surface area (Å²) in [5, 5.41) is 0. The lowest BCUT2D eigenvalue weighted by atomic mass is 10.1. The van der Waals surface area contributed by atoms with Crippen LogP contribution in [-0.4, -0.2) is 32.9 Å². The van der Waals surface area contributed by atoms with E-state index in [0.29, 0.717) is 19.3 Å². The molecular weight excluding hydrogens is 324 g/mol. The van der Waals surface area contributed by atoms with Crippen LogP contribution in [0.4, 0.5) is 0 Å². The Morgan fingerprint density at radius 2 is 1.73 bits per heavy atom. The second-order valence-electron chi connectivity index (χ2n) is 4.97. The first-order valence-corrected chi connectivity index (χ1v) is 10.2. The number of sulfone groups is 1. The van der Waals surface area contributed by atoms with E-state index in [-0.39, 0.29) is 10.6 Å². The highest BCUT2D eigenvalue weighted by molar-refractivity contribution is 7.91. The van der Waals surface area contributed by atoms with Crippen molar-refractivity contribution in [2.75, 3.05) is 11.5 Å². The van der Waals surface area contributed by atoms with Gasteiger partial charge in [-0.15, -0.1) is 5.92 Å². The predicted octanol–water partition coefficient (Wildman–Crippen LogP) is 2.16. The van der Waals surface area contributed by atoms with Gasteiger partial charge in [0.1, 0.15) is 0 Å². The summed E-state index contributed by atoms with van der Waals surface area (Å²) in [5.74, 6) is 4.48. The largest absolute Gasteiger partial charge is 0.286 e. The number of hydrogen-bond acceptors (Lipinski definition) is 4. The van der Waals surface area contributed by atoms with Gasteiger partial charge in [0.05, 0.1) is 16.4 Å². The zero-order valence-electron chi connectivity index (χ0n) is 12.4. The molecule has 0 bridgehead atoms. The van der Waals surface area contributed by atoms with Gasteiger partial charge in [0, 0.05) is 5.92 Å². The zero-order valence-corrected chi connectivity index (χ0v) is 14.0. The molecule has 0 heterocycles. The van der Waals surface area contributed by atoms with Gasteiger partial charge in [0.25, 0.3) is 10.1 Å². The molecule has 0 fully saturated rings. The van der Waals surface area contributed by atoms with Crippen molar-refractivity contribution in [3.63, 3.8) is 0 Å². The van der Waals surface area contributed by atoms with Crippen LogP contribution in [0.25, 0.3) is 0 Å². The van der Waals surface area contributed by atoms with E-state index in [1.807, 2.05) is 0 Å². The van der Waals surface area contributed by atoms with Crippen molar-refractivity contribution in [1.82, 2.24) is 0 Å². The summed E-state index contributed by atoms with van der Waals surface area (Å²) in [6.07, 6.45) is 1.39. The summed E-state index contributed by atoms with van der Waals surface area (Å²) in [4.78, 5) is 0.290. The lowest BCUT2D eigenvalue weighted by Crippen LogP contribution is -2.14. The van der Waals surface area contributed by atoms with Gasteiger partial charge in [0.15, 0.2) is 9.84 Å². The average Bonchev–Trinajstić information content (AvgIpc) is 2.43. The summed E-state index contributed by atoms with van der Waals surface area (Å²) < 4.78 is 54.8. The van der Waals surface area contributed by atoms with Crippen molar-refractivity contribution in [2.45, 2.75) is 31.1 Å². The molecule has 0 aliphatic heterocycles. The molecule has 0 amide bonds. The smallest absolute Gasteiger partial charge is 0.266 e. The van der Waals surface area contributed by atoms with Crippen molar-refractivity contribution >= 4 is 20.0 Å². The van der Waals surface area contributed by atoms with Crippen molar-refractivity contribution in [3.05, 3.63) is 30.3 Å². The Kier molecular flexibility index (Phi) is 7.07. The van der Waals surface area contributed by atoms with Gasteiger partial charge >= 0.3 is 0 Å². The first-order chi connectivity index (χ1) is 10.2. The highest BCUT2D eigenvalue weighted by atomic mass is 32.2. The molecule has 7 heteroatoms. The Hall–Kier alpha value is -1.36. The Morgan fingerprint density at radius 3 is 2.27 bits per heavy atom. The first-order valence-electron chi connectivity index (χ1n) is 6.90. The third-order valence-electron chi connectivity index (χ3n) is 3.08. The maximum absolute atomic E-state index is 12.1. The van der Waals surface area contributed by atoms with E-state index in [1.165, 1.54) is 0 Å². The highest BCUT2D eigenvalue weighted by Gasteiger charge is 2.16. The third kappa shape index (κ3) is 7.07. The minimum absolute atomic E-state index is 0.00909. The Labute approximate surface area is 132 Å². The Morgan fingerprint density at radius 1 is 1.09 bits per heavy atom. The normalized spacial score (nSPS) is 13.2. The van der Waals surface area contributed by atoms with Crippen LogP contribution in [0.15, 0.2) is 35.2 Å². The lowest BCUT2D eigenvalue weighted by Gasteiger charge is -2.09. The van der Waals surface area contributed by atoms with E-state index in [1.54, 1.807) is 37.3 Å². The van der Waals surface area contributed by atoms with Crippen LogP contribution < -0.4 is 0 Å². The summed E-state index contributed by atoms with van der Waals surface area (Å²) in [7, 11) is -7.38. The molecule has 22 heavy (non-hydrogen) atoms. The number of benzene rings is 1. The van der Waals surface area contributed by atoms with Crippen LogP contribution in [0.1, 0.15) is 26.2 Å². The van der Waals surface area contributed by atoms with Gasteiger partial charge in [-0.25, -0.2) is 8.42 Å². The third-order valence-corrected chi connectivity index (χ3v) is 5.72. The lowest BCUT2D eigenvalue weighted by molar-refractivity contribution is 0.470. The van der Waals surface area contributed by atoms with Gasteiger partial charge in [-0.1, -0.05) is 30.5 Å². The van der Waals surface area contributed by atoms with Crippen molar-refractivity contribution in [1.29, 1.82) is 0 Å². The topological polar surface area (TPSA) is 88.5 Å². The second kappa shape index (κ2) is 8.32. The quantitative estimate of drug-likeness (QED) is 0.443. The van der Waals surface area contributed by atoms with Gasteiger partial charge in [-0.2, -0.15) is 8.42 Å². The molecule has 0 aromatic heterocycles. The molecule has 122 valence electrons. The minimum Gasteiger partial charge on any atom is -0.286 e. The second-order valence-corrected chi connectivity index (χ2v) is 8.57. The van der Waals surface area contributed by atoms with Crippen LogP contribution in [-0.2, 0) is 20.0 Å². The van der Waals surface area contributed by atoms with E-state index < -0.39 is 31.6 Å². The van der Waals surface area contributed by atoms with Crippen LogP contribution in [0, 0.1) is 17.8 Å². The highest BCUT2D eigenvalue weighted by Crippen LogP contribution is 2.15. The van der Waals surface area contributed by atoms with Crippen LogP contribution >= 0.6 is 0 Å².